The summed E-state index contributed by atoms with van der Waals surface area (Å²) in [6.45, 7) is 2.19. The maximum absolute atomic E-state index is 11.5. The third-order valence-corrected chi connectivity index (χ3v) is 4.48. The molecular formula is C13H21NO3. The Balaban J connectivity index is 2.05. The predicted octanol–water partition coefficient (Wildman–Crippen LogP) is 1.94. The van der Waals surface area contributed by atoms with E-state index in [2.05, 4.69) is 12.2 Å². The second-order valence-corrected chi connectivity index (χ2v) is 5.61. The topological polar surface area (TPSA) is 66.4 Å². The molecule has 1 saturated heterocycles. The third kappa shape index (κ3) is 2.31. The van der Waals surface area contributed by atoms with E-state index in [1.165, 1.54) is 12.8 Å². The zero-order valence-electron chi connectivity index (χ0n) is 10.4. The van der Waals surface area contributed by atoms with Gasteiger partial charge in [-0.1, -0.05) is 19.8 Å². The summed E-state index contributed by atoms with van der Waals surface area (Å²) in [5.41, 5.74) is -0.298. The highest BCUT2D eigenvalue weighted by Gasteiger charge is 2.51. The minimum absolute atomic E-state index is 0.0914. The minimum atomic E-state index is -0.871. The molecule has 2 rings (SSSR count). The van der Waals surface area contributed by atoms with Gasteiger partial charge < -0.3 is 10.4 Å². The Morgan fingerprint density at radius 1 is 1.47 bits per heavy atom. The molecule has 0 aromatic carbocycles. The number of amides is 1. The predicted molar refractivity (Wildman–Crippen MR) is 63.5 cm³/mol. The van der Waals surface area contributed by atoms with Crippen LogP contribution in [0.4, 0.5) is 0 Å². The maximum atomic E-state index is 11.5. The van der Waals surface area contributed by atoms with Crippen molar-refractivity contribution in [3.05, 3.63) is 0 Å². The Labute approximate surface area is 102 Å². The molecule has 1 heterocycles. The molecule has 1 aliphatic heterocycles. The van der Waals surface area contributed by atoms with Gasteiger partial charge in [0.2, 0.25) is 5.91 Å². The van der Waals surface area contributed by atoms with Crippen LogP contribution in [0, 0.1) is 11.3 Å². The summed E-state index contributed by atoms with van der Waals surface area (Å²) in [7, 11) is 0. The fraction of sp³-hybridized carbons (Fsp3) is 0.846. The standard InChI is InChI=1S/C13H21NO3/c1-2-3-9-4-6-13(7-5-9)8-10(15)14-11(13)12(16)17/h9,11H,2-8H2,1H3,(H,14,15)(H,16,17). The number of hydrogen-bond donors (Lipinski definition) is 2. The molecule has 0 aromatic heterocycles. The number of nitrogens with one attached hydrogen (secondary N) is 1. The first-order chi connectivity index (χ1) is 8.07. The number of aliphatic carboxylic acids is 1. The monoisotopic (exact) mass is 239 g/mol. The summed E-state index contributed by atoms with van der Waals surface area (Å²) in [5, 5.41) is 11.8. The molecule has 0 radical (unpaired) electrons. The Morgan fingerprint density at radius 3 is 2.65 bits per heavy atom. The average molecular weight is 239 g/mol. The van der Waals surface area contributed by atoms with Gasteiger partial charge in [-0.3, -0.25) is 4.79 Å². The summed E-state index contributed by atoms with van der Waals surface area (Å²) in [5.74, 6) is -0.230. The number of rotatable bonds is 3. The van der Waals surface area contributed by atoms with Gasteiger partial charge in [0.25, 0.3) is 0 Å². The van der Waals surface area contributed by atoms with Crippen molar-refractivity contribution in [1.29, 1.82) is 0 Å². The van der Waals surface area contributed by atoms with E-state index < -0.39 is 12.0 Å². The van der Waals surface area contributed by atoms with Crippen molar-refractivity contribution in [1.82, 2.24) is 5.32 Å². The van der Waals surface area contributed by atoms with Gasteiger partial charge in [0.15, 0.2) is 0 Å². The Kier molecular flexibility index (Phi) is 3.40. The van der Waals surface area contributed by atoms with Crippen LogP contribution in [0.15, 0.2) is 0 Å². The van der Waals surface area contributed by atoms with E-state index in [1.807, 2.05) is 0 Å². The highest BCUT2D eigenvalue weighted by molar-refractivity contribution is 5.89. The molecule has 1 spiro atoms. The van der Waals surface area contributed by atoms with Crippen molar-refractivity contribution >= 4 is 11.9 Å². The lowest BCUT2D eigenvalue weighted by Gasteiger charge is -2.38. The molecule has 1 unspecified atom stereocenters. The van der Waals surface area contributed by atoms with Gasteiger partial charge in [-0.05, 0) is 31.6 Å². The van der Waals surface area contributed by atoms with Crippen molar-refractivity contribution in [2.75, 3.05) is 0 Å². The zero-order valence-corrected chi connectivity index (χ0v) is 10.4. The Hall–Kier alpha value is -1.06. The van der Waals surface area contributed by atoms with E-state index in [0.29, 0.717) is 6.42 Å². The van der Waals surface area contributed by atoms with Crippen molar-refractivity contribution in [3.63, 3.8) is 0 Å². The lowest BCUT2D eigenvalue weighted by molar-refractivity contribution is -0.143. The fourth-order valence-electron chi connectivity index (χ4n) is 3.53. The van der Waals surface area contributed by atoms with Gasteiger partial charge in [0, 0.05) is 11.8 Å². The van der Waals surface area contributed by atoms with Crippen LogP contribution in [-0.2, 0) is 9.59 Å². The third-order valence-electron chi connectivity index (χ3n) is 4.48. The van der Waals surface area contributed by atoms with Gasteiger partial charge in [-0.2, -0.15) is 0 Å². The molecular weight excluding hydrogens is 218 g/mol. The largest absolute Gasteiger partial charge is 0.480 e. The van der Waals surface area contributed by atoms with Gasteiger partial charge in [-0.25, -0.2) is 4.79 Å². The van der Waals surface area contributed by atoms with Crippen molar-refractivity contribution in [3.8, 4) is 0 Å². The second-order valence-electron chi connectivity index (χ2n) is 5.61. The summed E-state index contributed by atoms with van der Waals surface area (Å²) in [6, 6.07) is -0.655. The zero-order chi connectivity index (χ0) is 12.5. The molecule has 2 fully saturated rings. The number of carboxylic acid groups (broad SMARTS) is 1. The van der Waals surface area contributed by atoms with Gasteiger partial charge >= 0.3 is 5.97 Å². The molecule has 96 valence electrons. The molecule has 17 heavy (non-hydrogen) atoms. The van der Waals surface area contributed by atoms with Crippen LogP contribution in [0.5, 0.6) is 0 Å². The smallest absolute Gasteiger partial charge is 0.326 e. The lowest BCUT2D eigenvalue weighted by Crippen LogP contribution is -2.45. The first kappa shape index (κ1) is 12.4. The molecule has 1 atom stereocenters. The van der Waals surface area contributed by atoms with Crippen LogP contribution >= 0.6 is 0 Å². The molecule has 0 bridgehead atoms. The van der Waals surface area contributed by atoms with Crippen LogP contribution in [0.3, 0.4) is 0 Å². The second kappa shape index (κ2) is 4.67. The SMILES string of the molecule is CCCC1CCC2(CC1)CC(=O)NC2C(=O)O. The van der Waals surface area contributed by atoms with Gasteiger partial charge in [0.05, 0.1) is 0 Å². The van der Waals surface area contributed by atoms with E-state index in [0.717, 1.165) is 31.6 Å². The van der Waals surface area contributed by atoms with E-state index in [9.17, 15) is 14.7 Å². The molecule has 4 heteroatoms. The maximum Gasteiger partial charge on any atom is 0.326 e. The summed E-state index contributed by atoms with van der Waals surface area (Å²) in [6.07, 6.45) is 6.75. The first-order valence-electron chi connectivity index (χ1n) is 6.59. The van der Waals surface area contributed by atoms with Crippen molar-refractivity contribution in [2.24, 2.45) is 11.3 Å². The van der Waals surface area contributed by atoms with E-state index in [-0.39, 0.29) is 11.3 Å². The molecule has 0 aromatic rings. The number of carbonyl (C=O) groups excluding carboxylic acids is 1. The van der Waals surface area contributed by atoms with E-state index in [1.54, 1.807) is 0 Å². The molecule has 2 N–H and O–H groups in total. The normalized spacial score (nSPS) is 37.1. The molecule has 1 aliphatic carbocycles. The summed E-state index contributed by atoms with van der Waals surface area (Å²) < 4.78 is 0. The number of hydrogen-bond acceptors (Lipinski definition) is 2. The van der Waals surface area contributed by atoms with Crippen molar-refractivity contribution < 1.29 is 14.7 Å². The summed E-state index contributed by atoms with van der Waals surface area (Å²) >= 11 is 0. The quantitative estimate of drug-likeness (QED) is 0.791. The molecule has 1 amide bonds. The van der Waals surface area contributed by atoms with Crippen LogP contribution in [0.1, 0.15) is 51.9 Å². The highest BCUT2D eigenvalue weighted by atomic mass is 16.4. The first-order valence-corrected chi connectivity index (χ1v) is 6.59. The van der Waals surface area contributed by atoms with Crippen molar-refractivity contribution in [2.45, 2.75) is 57.9 Å². The Bertz CT molecular complexity index is 319. The van der Waals surface area contributed by atoms with Crippen LogP contribution < -0.4 is 5.32 Å². The van der Waals surface area contributed by atoms with Crippen LogP contribution in [0.25, 0.3) is 0 Å². The molecule has 4 nitrogen and oxygen atoms in total. The van der Waals surface area contributed by atoms with E-state index in [4.69, 9.17) is 0 Å². The molecule has 1 saturated carbocycles. The summed E-state index contributed by atoms with van der Waals surface area (Å²) in [4.78, 5) is 22.7. The lowest BCUT2D eigenvalue weighted by atomic mass is 9.65. The number of carboxylic acids is 1. The van der Waals surface area contributed by atoms with Gasteiger partial charge in [-0.15, -0.1) is 0 Å². The average Bonchev–Trinajstić information content (AvgIpc) is 2.60. The molecule has 2 aliphatic rings. The van der Waals surface area contributed by atoms with Crippen LogP contribution in [-0.4, -0.2) is 23.0 Å². The van der Waals surface area contributed by atoms with Crippen LogP contribution in [0.2, 0.25) is 0 Å². The fourth-order valence-corrected chi connectivity index (χ4v) is 3.53. The van der Waals surface area contributed by atoms with Gasteiger partial charge in [0.1, 0.15) is 6.04 Å². The van der Waals surface area contributed by atoms with E-state index >= 15 is 0 Å². The Morgan fingerprint density at radius 2 is 2.12 bits per heavy atom. The minimum Gasteiger partial charge on any atom is -0.480 e. The highest BCUT2D eigenvalue weighted by Crippen LogP contribution is 2.47. The number of carbonyl (C=O) groups is 2.